The van der Waals surface area contributed by atoms with E-state index in [0.29, 0.717) is 6.54 Å². The normalized spacial score (nSPS) is 13.7. The lowest BCUT2D eigenvalue weighted by atomic mass is 9.78. The summed E-state index contributed by atoms with van der Waals surface area (Å²) in [6, 6.07) is 10.7. The lowest BCUT2D eigenvalue weighted by Crippen LogP contribution is -2.23. The molecule has 3 nitrogen and oxygen atoms in total. The van der Waals surface area contributed by atoms with Gasteiger partial charge in [-0.2, -0.15) is 0 Å². The number of aliphatic imine (C=N–C) groups is 1. The Hall–Kier alpha value is -2.13. The van der Waals surface area contributed by atoms with Gasteiger partial charge in [0.25, 0.3) is 0 Å². The van der Waals surface area contributed by atoms with Crippen LogP contribution in [0.3, 0.4) is 0 Å². The van der Waals surface area contributed by atoms with E-state index in [2.05, 4.69) is 100 Å². The number of rotatable bonds is 5. The van der Waals surface area contributed by atoms with Crippen molar-refractivity contribution in [1.29, 1.82) is 0 Å². The average Bonchev–Trinajstić information content (AvgIpc) is 2.66. The van der Waals surface area contributed by atoms with Crippen LogP contribution in [0.4, 0.5) is 0 Å². The zero-order valence-corrected chi connectivity index (χ0v) is 22.7. The summed E-state index contributed by atoms with van der Waals surface area (Å²) in [6.45, 7) is 24.3. The predicted molar refractivity (Wildman–Crippen MR) is 142 cm³/mol. The third-order valence-corrected chi connectivity index (χ3v) is 6.36. The second-order valence-corrected chi connectivity index (χ2v) is 13.1. The van der Waals surface area contributed by atoms with E-state index in [0.717, 1.165) is 27.8 Å². The number of hydrogen-bond donors (Lipinski definition) is 2. The van der Waals surface area contributed by atoms with E-state index >= 15 is 0 Å². The van der Waals surface area contributed by atoms with Gasteiger partial charge in [-0.25, -0.2) is 0 Å². The van der Waals surface area contributed by atoms with Crippen molar-refractivity contribution >= 4 is 6.21 Å². The van der Waals surface area contributed by atoms with Crippen LogP contribution in [-0.4, -0.2) is 23.0 Å². The Labute approximate surface area is 202 Å². The van der Waals surface area contributed by atoms with Crippen molar-refractivity contribution in [3.8, 4) is 5.75 Å². The number of aromatic hydroxyl groups is 1. The molecular weight excluding hydrogens is 406 g/mol. The van der Waals surface area contributed by atoms with E-state index in [1.165, 1.54) is 5.56 Å². The number of aliphatic hydroxyl groups excluding tert-OH is 1. The molecule has 0 aliphatic carbocycles. The Morgan fingerprint density at radius 3 is 1.70 bits per heavy atom. The Kier molecular flexibility index (Phi) is 7.60. The van der Waals surface area contributed by atoms with Gasteiger partial charge in [0, 0.05) is 17.2 Å². The van der Waals surface area contributed by atoms with Crippen molar-refractivity contribution in [3.05, 3.63) is 63.7 Å². The molecule has 0 amide bonds. The second-order valence-electron chi connectivity index (χ2n) is 13.1. The number of benzene rings is 2. The van der Waals surface area contributed by atoms with Gasteiger partial charge in [0.05, 0.1) is 13.2 Å². The van der Waals surface area contributed by atoms with E-state index in [1.54, 1.807) is 0 Å². The van der Waals surface area contributed by atoms with Gasteiger partial charge in [-0.3, -0.25) is 4.99 Å². The molecule has 0 unspecified atom stereocenters. The van der Waals surface area contributed by atoms with Crippen LogP contribution in [0.2, 0.25) is 0 Å². The molecule has 0 fully saturated rings. The molecule has 0 atom stereocenters. The highest BCUT2D eigenvalue weighted by atomic mass is 16.3. The number of nitrogens with zero attached hydrogens (tertiary/aromatic N) is 1. The molecule has 33 heavy (non-hydrogen) atoms. The zero-order valence-electron chi connectivity index (χ0n) is 22.7. The standard InChI is InChI=1S/C30H45NO2/c1-27(2,3)21-12-20(13-23(14-21)30(10,11)19-32)17-31-18-24-25(29(7,8)9)15-22(16-26(24)33)28(4,5)6/h12-16,18,32-33H,17,19H2,1-11H3. The maximum Gasteiger partial charge on any atom is 0.124 e. The maximum atomic E-state index is 10.9. The molecule has 0 heterocycles. The molecule has 0 spiro atoms. The number of phenols is 1. The Bertz CT molecular complexity index is 1010. The summed E-state index contributed by atoms with van der Waals surface area (Å²) >= 11 is 0. The number of hydrogen-bond acceptors (Lipinski definition) is 3. The first-order valence-electron chi connectivity index (χ1n) is 12.0. The number of phenolic OH excluding ortho intramolecular Hbond substituents is 1. The fourth-order valence-corrected chi connectivity index (χ4v) is 3.77. The molecule has 0 saturated heterocycles. The van der Waals surface area contributed by atoms with Crippen LogP contribution >= 0.6 is 0 Å². The molecule has 0 bridgehead atoms. The van der Waals surface area contributed by atoms with Crippen molar-refractivity contribution in [3.63, 3.8) is 0 Å². The van der Waals surface area contributed by atoms with Crippen LogP contribution in [0.1, 0.15) is 110 Å². The zero-order chi connectivity index (χ0) is 25.4. The van der Waals surface area contributed by atoms with Crippen molar-refractivity contribution in [1.82, 2.24) is 0 Å². The van der Waals surface area contributed by atoms with Gasteiger partial charge in [-0.05, 0) is 50.1 Å². The van der Waals surface area contributed by atoms with Crippen LogP contribution in [0, 0.1) is 0 Å². The maximum absolute atomic E-state index is 10.9. The fourth-order valence-electron chi connectivity index (χ4n) is 3.77. The summed E-state index contributed by atoms with van der Waals surface area (Å²) in [5.41, 5.74) is 5.99. The van der Waals surface area contributed by atoms with Gasteiger partial charge >= 0.3 is 0 Å². The van der Waals surface area contributed by atoms with E-state index in [1.807, 2.05) is 12.3 Å². The first-order chi connectivity index (χ1) is 14.9. The van der Waals surface area contributed by atoms with Crippen molar-refractivity contribution in [2.24, 2.45) is 4.99 Å². The Morgan fingerprint density at radius 2 is 1.21 bits per heavy atom. The lowest BCUT2D eigenvalue weighted by molar-refractivity contribution is 0.218. The second kappa shape index (κ2) is 9.25. The van der Waals surface area contributed by atoms with Crippen LogP contribution in [0.5, 0.6) is 5.75 Å². The van der Waals surface area contributed by atoms with Gasteiger partial charge in [-0.15, -0.1) is 0 Å². The largest absolute Gasteiger partial charge is 0.507 e. The molecule has 2 aromatic carbocycles. The highest BCUT2D eigenvalue weighted by molar-refractivity contribution is 5.86. The van der Waals surface area contributed by atoms with Crippen LogP contribution < -0.4 is 0 Å². The molecule has 2 rings (SSSR count). The van der Waals surface area contributed by atoms with Crippen molar-refractivity contribution < 1.29 is 10.2 Å². The molecule has 2 aromatic rings. The molecular formula is C30H45NO2. The summed E-state index contributed by atoms with van der Waals surface area (Å²) in [5, 5.41) is 20.8. The van der Waals surface area contributed by atoms with Crippen LogP contribution in [0.25, 0.3) is 0 Å². The average molecular weight is 452 g/mol. The molecule has 0 aromatic heterocycles. The lowest BCUT2D eigenvalue weighted by Gasteiger charge is -2.28. The van der Waals surface area contributed by atoms with Crippen LogP contribution in [-0.2, 0) is 28.2 Å². The summed E-state index contributed by atoms with van der Waals surface area (Å²) in [4.78, 5) is 4.76. The highest BCUT2D eigenvalue weighted by Crippen LogP contribution is 2.36. The molecule has 0 saturated carbocycles. The van der Waals surface area contributed by atoms with Crippen LogP contribution in [0.15, 0.2) is 35.3 Å². The minimum atomic E-state index is -0.319. The Morgan fingerprint density at radius 1 is 0.697 bits per heavy atom. The Balaban J connectivity index is 2.51. The molecule has 0 aliphatic rings. The van der Waals surface area contributed by atoms with Gasteiger partial charge in [0.15, 0.2) is 0 Å². The monoisotopic (exact) mass is 451 g/mol. The van der Waals surface area contributed by atoms with Gasteiger partial charge in [0.2, 0.25) is 0 Å². The third kappa shape index (κ3) is 6.69. The molecule has 0 radical (unpaired) electrons. The third-order valence-electron chi connectivity index (χ3n) is 6.36. The quantitative estimate of drug-likeness (QED) is 0.473. The molecule has 3 heteroatoms. The van der Waals surface area contributed by atoms with E-state index in [-0.39, 0.29) is 34.0 Å². The molecule has 2 N–H and O–H groups in total. The van der Waals surface area contributed by atoms with E-state index in [9.17, 15) is 10.2 Å². The first-order valence-corrected chi connectivity index (χ1v) is 12.0. The molecule has 182 valence electrons. The number of aliphatic hydroxyl groups is 1. The highest BCUT2D eigenvalue weighted by Gasteiger charge is 2.25. The SMILES string of the molecule is CC(C)(C)c1cc(CN=Cc2c(O)cc(C(C)(C)C)cc2C(C)(C)C)cc(C(C)(C)CO)c1. The van der Waals surface area contributed by atoms with Crippen molar-refractivity contribution in [2.75, 3.05) is 6.61 Å². The fraction of sp³-hybridized carbons (Fsp3) is 0.567. The summed E-state index contributed by atoms with van der Waals surface area (Å²) in [7, 11) is 0. The summed E-state index contributed by atoms with van der Waals surface area (Å²) in [5.74, 6) is 0.279. The minimum absolute atomic E-state index is 0.000466. The van der Waals surface area contributed by atoms with E-state index in [4.69, 9.17) is 4.99 Å². The minimum Gasteiger partial charge on any atom is -0.507 e. The van der Waals surface area contributed by atoms with Gasteiger partial charge in [0.1, 0.15) is 5.75 Å². The van der Waals surface area contributed by atoms with E-state index < -0.39 is 0 Å². The summed E-state index contributed by atoms with van der Waals surface area (Å²) < 4.78 is 0. The smallest absolute Gasteiger partial charge is 0.124 e. The topological polar surface area (TPSA) is 52.8 Å². The molecule has 0 aliphatic heterocycles. The summed E-state index contributed by atoms with van der Waals surface area (Å²) in [6.07, 6.45) is 1.82. The van der Waals surface area contributed by atoms with Gasteiger partial charge < -0.3 is 10.2 Å². The first kappa shape index (κ1) is 27.1. The van der Waals surface area contributed by atoms with Gasteiger partial charge in [-0.1, -0.05) is 100 Å². The van der Waals surface area contributed by atoms with Crippen molar-refractivity contribution in [2.45, 2.75) is 104 Å². The predicted octanol–water partition coefficient (Wildman–Crippen LogP) is 7.17.